The first-order valence-corrected chi connectivity index (χ1v) is 15.3. The van der Waals surface area contributed by atoms with Crippen molar-refractivity contribution in [3.05, 3.63) is 0 Å². The molecule has 0 aliphatic heterocycles. The van der Waals surface area contributed by atoms with E-state index in [9.17, 15) is 49.5 Å². The van der Waals surface area contributed by atoms with Crippen LogP contribution >= 0.6 is 0 Å². The standard InChI is InChI=1S/C27H35F5O8S/c1-13(4-7-21(36)40-23(26(28,29)30)27(31,32)41(37,38)39)16-5-6-17-22-18(12-20(35)25(16,17)3)24(2)9-8-15(33)10-14(24)11-19(22)34/h13-14,16-18,22-23H,4-12H2,1-3H3,(H,37,38,39)/t13?,14?,16-,17+,18+,22?,23?,24?,25-/m1/s1. The van der Waals surface area contributed by atoms with E-state index in [2.05, 4.69) is 11.7 Å². The van der Waals surface area contributed by atoms with Crippen molar-refractivity contribution >= 4 is 33.4 Å². The highest BCUT2D eigenvalue weighted by molar-refractivity contribution is 7.86. The molecule has 5 unspecified atom stereocenters. The van der Waals surface area contributed by atoms with Crippen molar-refractivity contribution in [3.8, 4) is 0 Å². The normalized spacial score (nSPS) is 37.6. The first-order valence-electron chi connectivity index (χ1n) is 13.8. The van der Waals surface area contributed by atoms with Crippen molar-refractivity contribution in [2.45, 2.75) is 96.1 Å². The number of halogens is 5. The average molecular weight is 615 g/mol. The van der Waals surface area contributed by atoms with E-state index in [-0.39, 0.29) is 71.6 Å². The SMILES string of the molecule is CC(CCC(=O)OC(C(F)(F)F)C(F)(F)S(=O)(=O)O)[C@H]1CC[C@H]2C3C(=O)CC4CC(=O)CCC4(C)[C@H]3CC(=O)[C@]12C. The van der Waals surface area contributed by atoms with Crippen LogP contribution in [0, 0.1) is 46.3 Å². The van der Waals surface area contributed by atoms with E-state index in [1.807, 2.05) is 0 Å². The van der Waals surface area contributed by atoms with Crippen LogP contribution in [-0.4, -0.2) is 53.8 Å². The molecule has 4 rings (SSSR count). The fraction of sp³-hybridized carbons (Fsp3) is 0.852. The number of ketones is 3. The number of hydrogen-bond acceptors (Lipinski definition) is 7. The molecule has 8 nitrogen and oxygen atoms in total. The van der Waals surface area contributed by atoms with Gasteiger partial charge in [-0.05, 0) is 60.7 Å². The van der Waals surface area contributed by atoms with Crippen LogP contribution in [-0.2, 0) is 34.0 Å². The summed E-state index contributed by atoms with van der Waals surface area (Å²) in [6, 6.07) is 0. The van der Waals surface area contributed by atoms with Gasteiger partial charge in [-0.25, -0.2) is 0 Å². The average Bonchev–Trinajstić information content (AvgIpc) is 3.19. The third kappa shape index (κ3) is 5.25. The lowest BCUT2D eigenvalue weighted by atomic mass is 9.44. The molecule has 0 bridgehead atoms. The van der Waals surface area contributed by atoms with E-state index in [0.717, 1.165) is 0 Å². The maximum Gasteiger partial charge on any atom is 0.432 e. The fourth-order valence-electron chi connectivity index (χ4n) is 8.59. The number of esters is 1. The van der Waals surface area contributed by atoms with Crippen LogP contribution in [0.3, 0.4) is 0 Å². The number of carbonyl (C=O) groups is 4. The Balaban J connectivity index is 1.47. The molecule has 4 aliphatic rings. The Morgan fingerprint density at radius 3 is 2.27 bits per heavy atom. The molecular formula is C27H35F5O8S. The second-order valence-electron chi connectivity index (χ2n) is 12.9. The van der Waals surface area contributed by atoms with Gasteiger partial charge in [0.1, 0.15) is 17.3 Å². The van der Waals surface area contributed by atoms with Crippen molar-refractivity contribution in [2.24, 2.45) is 46.3 Å². The summed E-state index contributed by atoms with van der Waals surface area (Å²) in [6.45, 7) is 5.55. The van der Waals surface area contributed by atoms with Crippen LogP contribution in [0.5, 0.6) is 0 Å². The molecule has 0 radical (unpaired) electrons. The zero-order chi connectivity index (χ0) is 30.9. The van der Waals surface area contributed by atoms with Gasteiger partial charge < -0.3 is 4.74 Å². The highest BCUT2D eigenvalue weighted by atomic mass is 32.2. The third-order valence-corrected chi connectivity index (χ3v) is 11.8. The molecule has 0 spiro atoms. The molecule has 0 aromatic heterocycles. The number of Topliss-reactive ketones (excluding diaryl/α,β-unsaturated/α-hetero) is 3. The fourth-order valence-corrected chi connectivity index (χ4v) is 9.04. The van der Waals surface area contributed by atoms with Gasteiger partial charge in [-0.2, -0.15) is 30.4 Å². The molecule has 0 saturated heterocycles. The van der Waals surface area contributed by atoms with Crippen molar-refractivity contribution < 1.29 is 58.8 Å². The maximum atomic E-state index is 13.8. The van der Waals surface area contributed by atoms with Crippen molar-refractivity contribution in [1.29, 1.82) is 0 Å². The largest absolute Gasteiger partial charge is 0.445 e. The quantitative estimate of drug-likeness (QED) is 0.242. The molecule has 0 aromatic rings. The summed E-state index contributed by atoms with van der Waals surface area (Å²) in [5, 5.41) is -5.81. The highest BCUT2D eigenvalue weighted by Gasteiger charge is 2.67. The van der Waals surface area contributed by atoms with Gasteiger partial charge in [0.15, 0.2) is 0 Å². The molecule has 0 aromatic carbocycles. The lowest BCUT2D eigenvalue weighted by Crippen LogP contribution is -2.60. The van der Waals surface area contributed by atoms with Crippen LogP contribution in [0.25, 0.3) is 0 Å². The second-order valence-corrected chi connectivity index (χ2v) is 14.4. The van der Waals surface area contributed by atoms with Gasteiger partial charge in [-0.15, -0.1) is 0 Å². The van der Waals surface area contributed by atoms with Crippen molar-refractivity contribution in [1.82, 2.24) is 0 Å². The van der Waals surface area contributed by atoms with E-state index in [4.69, 9.17) is 4.55 Å². The Morgan fingerprint density at radius 2 is 1.68 bits per heavy atom. The predicted molar refractivity (Wildman–Crippen MR) is 132 cm³/mol. The van der Waals surface area contributed by atoms with Gasteiger partial charge >= 0.3 is 27.5 Å². The molecular weight excluding hydrogens is 579 g/mol. The molecule has 232 valence electrons. The number of fused-ring (bicyclic) bond motifs is 5. The van der Waals surface area contributed by atoms with Crippen LogP contribution in [0.4, 0.5) is 22.0 Å². The first kappa shape index (κ1) is 32.0. The van der Waals surface area contributed by atoms with Gasteiger partial charge in [-0.3, -0.25) is 23.7 Å². The van der Waals surface area contributed by atoms with E-state index in [1.54, 1.807) is 13.8 Å². The molecule has 0 heterocycles. The minimum absolute atomic E-state index is 0.0304. The summed E-state index contributed by atoms with van der Waals surface area (Å²) in [6.07, 6.45) is -8.36. The number of ether oxygens (including phenoxy) is 1. The summed E-state index contributed by atoms with van der Waals surface area (Å²) in [5.74, 6) is -3.26. The first-order chi connectivity index (χ1) is 18.7. The summed E-state index contributed by atoms with van der Waals surface area (Å²) in [5.41, 5.74) is -1.24. The minimum atomic E-state index is -6.54. The second kappa shape index (κ2) is 10.3. The summed E-state index contributed by atoms with van der Waals surface area (Å²) >= 11 is 0. The zero-order valence-electron chi connectivity index (χ0n) is 23.0. The van der Waals surface area contributed by atoms with E-state index < -0.39 is 51.4 Å². The molecule has 9 atom stereocenters. The van der Waals surface area contributed by atoms with Crippen LogP contribution in [0.1, 0.15) is 78.6 Å². The van der Waals surface area contributed by atoms with Crippen LogP contribution in [0.15, 0.2) is 0 Å². The van der Waals surface area contributed by atoms with Gasteiger partial charge in [0.2, 0.25) is 0 Å². The molecule has 4 aliphatic carbocycles. The topological polar surface area (TPSA) is 132 Å². The van der Waals surface area contributed by atoms with Crippen LogP contribution in [0.2, 0.25) is 0 Å². The van der Waals surface area contributed by atoms with Crippen molar-refractivity contribution in [2.75, 3.05) is 0 Å². The predicted octanol–water partition coefficient (Wildman–Crippen LogP) is 4.94. The summed E-state index contributed by atoms with van der Waals surface area (Å²) in [7, 11) is -6.54. The molecule has 4 fully saturated rings. The van der Waals surface area contributed by atoms with E-state index in [1.165, 1.54) is 0 Å². The number of carbonyl (C=O) groups excluding carboxylic acids is 4. The number of hydrogen-bond donors (Lipinski definition) is 1. The zero-order valence-corrected chi connectivity index (χ0v) is 23.8. The monoisotopic (exact) mass is 614 g/mol. The smallest absolute Gasteiger partial charge is 0.432 e. The summed E-state index contributed by atoms with van der Waals surface area (Å²) < 4.78 is 101. The maximum absolute atomic E-state index is 13.8. The Labute approximate surface area is 234 Å². The van der Waals surface area contributed by atoms with Gasteiger partial charge in [0.25, 0.3) is 6.10 Å². The molecule has 1 N–H and O–H groups in total. The summed E-state index contributed by atoms with van der Waals surface area (Å²) in [4.78, 5) is 51.5. The number of alkyl halides is 5. The highest BCUT2D eigenvalue weighted by Crippen LogP contribution is 2.66. The lowest BCUT2D eigenvalue weighted by Gasteiger charge is -2.58. The lowest BCUT2D eigenvalue weighted by molar-refractivity contribution is -0.259. The third-order valence-electron chi connectivity index (χ3n) is 10.9. The Bertz CT molecular complexity index is 1230. The molecule has 0 amide bonds. The molecule has 14 heteroatoms. The Hall–Kier alpha value is -1.96. The minimum Gasteiger partial charge on any atom is -0.445 e. The Morgan fingerprint density at radius 1 is 1.05 bits per heavy atom. The molecule has 41 heavy (non-hydrogen) atoms. The molecule has 4 saturated carbocycles. The number of rotatable bonds is 7. The van der Waals surface area contributed by atoms with E-state index in [0.29, 0.717) is 32.1 Å². The van der Waals surface area contributed by atoms with Gasteiger partial charge in [0, 0.05) is 43.4 Å². The van der Waals surface area contributed by atoms with Gasteiger partial charge in [0.05, 0.1) is 0 Å². The van der Waals surface area contributed by atoms with Gasteiger partial charge in [-0.1, -0.05) is 20.8 Å². The van der Waals surface area contributed by atoms with E-state index >= 15 is 0 Å². The van der Waals surface area contributed by atoms with Crippen LogP contribution < -0.4 is 0 Å². The van der Waals surface area contributed by atoms with Crippen molar-refractivity contribution in [3.63, 3.8) is 0 Å². The Kier molecular flexibility index (Phi) is 8.06.